The summed E-state index contributed by atoms with van der Waals surface area (Å²) in [5.41, 5.74) is 3.49. The van der Waals surface area contributed by atoms with Crippen molar-refractivity contribution in [3.05, 3.63) is 80.7 Å². The number of hydrogen-bond acceptors (Lipinski definition) is 5. The van der Waals surface area contributed by atoms with Crippen molar-refractivity contribution in [1.82, 2.24) is 5.43 Å². The number of carbonyl (C=O) groups excluding carboxylic acids is 1. The molecule has 31 heavy (non-hydrogen) atoms. The van der Waals surface area contributed by atoms with E-state index in [-0.39, 0.29) is 22.5 Å². The van der Waals surface area contributed by atoms with E-state index in [1.54, 1.807) is 6.07 Å². The number of nitrogens with one attached hydrogen (secondary N) is 1. The first-order chi connectivity index (χ1) is 14.9. The van der Waals surface area contributed by atoms with Crippen molar-refractivity contribution in [2.75, 3.05) is 6.54 Å². The molecule has 6 nitrogen and oxygen atoms in total. The van der Waals surface area contributed by atoms with Crippen LogP contribution in [0.1, 0.15) is 11.1 Å². The Morgan fingerprint density at radius 2 is 1.55 bits per heavy atom. The van der Waals surface area contributed by atoms with Crippen LogP contribution in [-0.2, 0) is 4.79 Å². The fourth-order valence-corrected chi connectivity index (χ4v) is 4.52. The van der Waals surface area contributed by atoms with Gasteiger partial charge in [-0.05, 0) is 77.7 Å². The first kappa shape index (κ1) is 21.3. The second kappa shape index (κ2) is 8.66. The lowest BCUT2D eigenvalue weighted by Gasteiger charge is -2.14. The molecule has 0 atom stereocenters. The molecule has 0 aliphatic carbocycles. The third-order valence-corrected chi connectivity index (χ3v) is 6.30. The molecular weight excluding hydrogens is 526 g/mol. The summed E-state index contributed by atoms with van der Waals surface area (Å²) >= 11 is 6.49. The monoisotopic (exact) mass is 541 g/mol. The number of phenols is 2. The Morgan fingerprint density at radius 1 is 0.903 bits per heavy atom. The number of amides is 1. The Bertz CT molecular complexity index is 1370. The number of rotatable bonds is 4. The highest BCUT2D eigenvalue weighted by Crippen LogP contribution is 2.42. The number of aliphatic imine (C=N–C) groups is 1. The number of hydrogen-bond donors (Lipinski definition) is 4. The molecule has 0 aromatic heterocycles. The minimum absolute atomic E-state index is 0.125. The van der Waals surface area contributed by atoms with Crippen molar-refractivity contribution < 1.29 is 15.0 Å². The van der Waals surface area contributed by atoms with Crippen LogP contribution >= 0.6 is 31.9 Å². The SMILES string of the molecule is NNC(=O)CN=C(c1ccc2cc3ccccc3cc2c1)c1cc(Br)c(O)c(Br)c1O. The average molecular weight is 543 g/mol. The molecular formula is C23H17Br2N3O3. The Hall–Kier alpha value is -2.94. The highest BCUT2D eigenvalue weighted by molar-refractivity contribution is 9.11. The molecule has 0 radical (unpaired) electrons. The van der Waals surface area contributed by atoms with Crippen molar-refractivity contribution in [1.29, 1.82) is 0 Å². The number of hydrazine groups is 1. The summed E-state index contributed by atoms with van der Waals surface area (Å²) in [4.78, 5) is 16.2. The lowest BCUT2D eigenvalue weighted by molar-refractivity contribution is -0.119. The lowest BCUT2D eigenvalue weighted by Crippen LogP contribution is -2.32. The van der Waals surface area contributed by atoms with Crippen LogP contribution in [0.5, 0.6) is 11.5 Å². The molecule has 0 fully saturated rings. The molecule has 4 rings (SSSR count). The highest BCUT2D eigenvalue weighted by atomic mass is 79.9. The van der Waals surface area contributed by atoms with Crippen molar-refractivity contribution in [3.63, 3.8) is 0 Å². The van der Waals surface area contributed by atoms with Gasteiger partial charge in [-0.25, -0.2) is 5.84 Å². The minimum Gasteiger partial charge on any atom is -0.506 e. The van der Waals surface area contributed by atoms with E-state index in [0.29, 0.717) is 21.3 Å². The van der Waals surface area contributed by atoms with Gasteiger partial charge >= 0.3 is 0 Å². The maximum atomic E-state index is 11.7. The number of benzene rings is 4. The molecule has 5 N–H and O–H groups in total. The van der Waals surface area contributed by atoms with E-state index in [1.165, 1.54) is 0 Å². The number of nitrogens with zero attached hydrogens (tertiary/aromatic N) is 1. The summed E-state index contributed by atoms with van der Waals surface area (Å²) < 4.78 is 0.495. The van der Waals surface area contributed by atoms with Gasteiger partial charge in [-0.15, -0.1) is 0 Å². The van der Waals surface area contributed by atoms with E-state index in [1.807, 2.05) is 36.4 Å². The van der Waals surface area contributed by atoms with Crippen molar-refractivity contribution in [2.24, 2.45) is 10.8 Å². The molecule has 4 aromatic rings. The number of fused-ring (bicyclic) bond motifs is 2. The van der Waals surface area contributed by atoms with E-state index in [4.69, 9.17) is 5.84 Å². The third kappa shape index (κ3) is 4.14. The summed E-state index contributed by atoms with van der Waals surface area (Å²) in [6.45, 7) is -0.225. The zero-order valence-electron chi connectivity index (χ0n) is 16.1. The number of phenolic OH excluding ortho intramolecular Hbond substituents is 2. The van der Waals surface area contributed by atoms with Crippen LogP contribution < -0.4 is 11.3 Å². The molecule has 0 saturated heterocycles. The fraction of sp³-hybridized carbons (Fsp3) is 0.0435. The molecule has 156 valence electrons. The number of halogens is 2. The maximum Gasteiger partial charge on any atom is 0.255 e. The molecule has 0 spiro atoms. The van der Waals surface area contributed by atoms with Gasteiger partial charge in [0.15, 0.2) is 0 Å². The van der Waals surface area contributed by atoms with Gasteiger partial charge in [0.25, 0.3) is 5.91 Å². The van der Waals surface area contributed by atoms with Crippen LogP contribution in [0.15, 0.2) is 74.6 Å². The summed E-state index contributed by atoms with van der Waals surface area (Å²) in [5.74, 6) is 4.40. The molecule has 8 heteroatoms. The van der Waals surface area contributed by atoms with E-state index >= 15 is 0 Å². The van der Waals surface area contributed by atoms with Gasteiger partial charge in [-0.3, -0.25) is 15.2 Å². The van der Waals surface area contributed by atoms with Gasteiger partial charge in [0, 0.05) is 11.1 Å². The van der Waals surface area contributed by atoms with Crippen LogP contribution in [0.25, 0.3) is 21.5 Å². The molecule has 0 bridgehead atoms. The molecule has 1 amide bonds. The zero-order chi connectivity index (χ0) is 22.1. The zero-order valence-corrected chi connectivity index (χ0v) is 19.2. The first-order valence-corrected chi connectivity index (χ1v) is 10.8. The van der Waals surface area contributed by atoms with E-state index in [2.05, 4.69) is 60.5 Å². The standard InChI is InChI=1S/C23H17Br2N3O3/c24-18-10-17(22(30)20(25)23(18)31)21(27-11-19(29)28-26)15-6-5-14-7-12-3-1-2-4-13(12)8-16(14)9-15/h1-10,30-31H,11,26H2,(H,28,29). The lowest BCUT2D eigenvalue weighted by atomic mass is 9.96. The molecule has 0 aliphatic rings. The smallest absolute Gasteiger partial charge is 0.255 e. The van der Waals surface area contributed by atoms with Gasteiger partial charge in [0.1, 0.15) is 22.5 Å². The normalized spacial score (nSPS) is 11.8. The Balaban J connectivity index is 1.92. The van der Waals surface area contributed by atoms with Crippen LogP contribution in [-0.4, -0.2) is 28.4 Å². The summed E-state index contributed by atoms with van der Waals surface area (Å²) in [7, 11) is 0. The number of nitrogens with two attached hydrogens (primary N) is 1. The molecule has 0 unspecified atom stereocenters. The third-order valence-electron chi connectivity index (χ3n) is 4.94. The van der Waals surface area contributed by atoms with Gasteiger partial charge in [0.2, 0.25) is 0 Å². The second-order valence-electron chi connectivity index (χ2n) is 6.91. The first-order valence-electron chi connectivity index (χ1n) is 9.26. The highest BCUT2D eigenvalue weighted by Gasteiger charge is 2.20. The van der Waals surface area contributed by atoms with E-state index in [0.717, 1.165) is 21.5 Å². The predicted octanol–water partition coefficient (Wildman–Crippen LogP) is 4.76. The van der Waals surface area contributed by atoms with Gasteiger partial charge in [-0.1, -0.05) is 36.4 Å². The van der Waals surface area contributed by atoms with Crippen molar-refractivity contribution in [3.8, 4) is 11.5 Å². The minimum atomic E-state index is -0.472. The quantitative estimate of drug-likeness (QED) is 0.0980. The van der Waals surface area contributed by atoms with Crippen LogP contribution in [0.3, 0.4) is 0 Å². The molecule has 0 heterocycles. The summed E-state index contributed by atoms with van der Waals surface area (Å²) in [6.07, 6.45) is 0. The largest absolute Gasteiger partial charge is 0.506 e. The second-order valence-corrected chi connectivity index (χ2v) is 8.56. The molecule has 0 aliphatic heterocycles. The van der Waals surface area contributed by atoms with Gasteiger partial charge in [0.05, 0.1) is 10.2 Å². The van der Waals surface area contributed by atoms with Crippen molar-refractivity contribution in [2.45, 2.75) is 0 Å². The van der Waals surface area contributed by atoms with Gasteiger partial charge in [-0.2, -0.15) is 0 Å². The van der Waals surface area contributed by atoms with E-state index < -0.39 is 5.91 Å². The molecule has 0 saturated carbocycles. The van der Waals surface area contributed by atoms with Gasteiger partial charge < -0.3 is 10.2 Å². The Morgan fingerprint density at radius 3 is 2.23 bits per heavy atom. The van der Waals surface area contributed by atoms with Crippen LogP contribution in [0, 0.1) is 0 Å². The fourth-order valence-electron chi connectivity index (χ4n) is 3.39. The van der Waals surface area contributed by atoms with E-state index in [9.17, 15) is 15.0 Å². The number of carbonyl (C=O) groups is 1. The Labute approximate surface area is 194 Å². The molecule has 4 aromatic carbocycles. The Kier molecular flexibility index (Phi) is 5.95. The topological polar surface area (TPSA) is 108 Å². The van der Waals surface area contributed by atoms with Crippen LogP contribution in [0.4, 0.5) is 0 Å². The maximum absolute atomic E-state index is 11.7. The average Bonchev–Trinajstić information content (AvgIpc) is 2.79. The number of aromatic hydroxyl groups is 2. The predicted molar refractivity (Wildman–Crippen MR) is 129 cm³/mol. The van der Waals surface area contributed by atoms with Crippen LogP contribution in [0.2, 0.25) is 0 Å². The summed E-state index contributed by atoms with van der Waals surface area (Å²) in [6, 6.07) is 19.6. The summed E-state index contributed by atoms with van der Waals surface area (Å²) in [5, 5.41) is 25.1. The van der Waals surface area contributed by atoms with Crippen molar-refractivity contribution >= 4 is 65.0 Å².